The van der Waals surface area contributed by atoms with Crippen LogP contribution in [-0.2, 0) is 21.8 Å². The molecule has 8 nitrogen and oxygen atoms in total. The molecule has 2 aromatic heterocycles. The molecular formula is C23H32N4O4S2. The van der Waals surface area contributed by atoms with Gasteiger partial charge >= 0.3 is 0 Å². The average molecular weight is 493 g/mol. The summed E-state index contributed by atoms with van der Waals surface area (Å²) < 4.78 is 36.0. The first-order chi connectivity index (χ1) is 15.8. The Morgan fingerprint density at radius 3 is 2.70 bits per heavy atom. The molecule has 0 atom stereocenters. The lowest BCUT2D eigenvalue weighted by molar-refractivity contribution is 0.0305. The van der Waals surface area contributed by atoms with Gasteiger partial charge in [0.05, 0.1) is 24.6 Å². The summed E-state index contributed by atoms with van der Waals surface area (Å²) in [6.45, 7) is 6.23. The Hall–Kier alpha value is -2.01. The van der Waals surface area contributed by atoms with Gasteiger partial charge in [-0.25, -0.2) is 18.1 Å². The third-order valence-corrected chi connectivity index (χ3v) is 9.15. The minimum atomic E-state index is -3.65. The van der Waals surface area contributed by atoms with Crippen LogP contribution in [0, 0.1) is 13.8 Å². The zero-order chi connectivity index (χ0) is 23.6. The van der Waals surface area contributed by atoms with Gasteiger partial charge in [0.25, 0.3) is 5.91 Å². The highest BCUT2D eigenvalue weighted by Gasteiger charge is 2.27. The summed E-state index contributed by atoms with van der Waals surface area (Å²) in [5.41, 5.74) is 3.33. The summed E-state index contributed by atoms with van der Waals surface area (Å²) in [6.07, 6.45) is 7.54. The van der Waals surface area contributed by atoms with Crippen molar-refractivity contribution < 1.29 is 17.9 Å². The van der Waals surface area contributed by atoms with Crippen molar-refractivity contribution in [1.82, 2.24) is 19.2 Å². The number of sulfonamides is 1. The number of thiazole rings is 1. The number of nitrogens with one attached hydrogen (secondary N) is 1. The van der Waals surface area contributed by atoms with E-state index in [4.69, 9.17) is 4.74 Å². The van der Waals surface area contributed by atoms with Crippen LogP contribution in [0.3, 0.4) is 0 Å². The second kappa shape index (κ2) is 10.1. The number of carbonyl (C=O) groups is 1. The monoisotopic (exact) mass is 492 g/mol. The normalized spacial score (nSPS) is 17.3. The summed E-state index contributed by atoms with van der Waals surface area (Å²) in [7, 11) is -1.82. The molecule has 0 spiro atoms. The maximum Gasteiger partial charge on any atom is 0.266 e. The second-order valence-corrected chi connectivity index (χ2v) is 11.4. The Morgan fingerprint density at radius 2 is 2.00 bits per heavy atom. The number of rotatable bonds is 7. The molecule has 4 rings (SSSR count). The van der Waals surface area contributed by atoms with Gasteiger partial charge in [-0.3, -0.25) is 4.79 Å². The summed E-state index contributed by atoms with van der Waals surface area (Å²) in [5, 5.41) is 0.642. The van der Waals surface area contributed by atoms with Crippen LogP contribution in [0.2, 0.25) is 0 Å². The van der Waals surface area contributed by atoms with Crippen molar-refractivity contribution in [2.75, 3.05) is 32.8 Å². The highest BCUT2D eigenvalue weighted by molar-refractivity contribution is 7.89. The number of amides is 1. The van der Waals surface area contributed by atoms with Crippen molar-refractivity contribution in [3.63, 3.8) is 0 Å². The summed E-state index contributed by atoms with van der Waals surface area (Å²) in [5.74, 6) is -0.0444. The van der Waals surface area contributed by atoms with Gasteiger partial charge < -0.3 is 14.2 Å². The third-order valence-electron chi connectivity index (χ3n) is 6.41. The molecule has 1 saturated heterocycles. The first kappa shape index (κ1) is 24.1. The van der Waals surface area contributed by atoms with Gasteiger partial charge in [-0.1, -0.05) is 11.6 Å². The van der Waals surface area contributed by atoms with Crippen LogP contribution in [0.4, 0.5) is 0 Å². The standard InChI is InChI=1S/C23H32N4O4S2/c1-16-21(23(28)27-11-13-31-14-12-27)32-22(25-16)19-15-20(17(2)26(19)3)33(29,30)24-10-9-18-7-5-4-6-8-18/h7,15,24H,4-6,8-14H2,1-3H3. The lowest BCUT2D eigenvalue weighted by Crippen LogP contribution is -2.40. The maximum absolute atomic E-state index is 13.0. The summed E-state index contributed by atoms with van der Waals surface area (Å²) >= 11 is 1.31. The number of hydrogen-bond acceptors (Lipinski definition) is 6. The smallest absolute Gasteiger partial charge is 0.266 e. The molecule has 3 heterocycles. The van der Waals surface area contributed by atoms with Gasteiger partial charge in [-0.15, -0.1) is 11.3 Å². The number of nitrogens with zero attached hydrogens (tertiary/aromatic N) is 3. The molecule has 2 aromatic rings. The Balaban J connectivity index is 1.53. The Labute approximate surface area is 199 Å². The lowest BCUT2D eigenvalue weighted by Gasteiger charge is -2.26. The average Bonchev–Trinajstić information content (AvgIpc) is 3.34. The van der Waals surface area contributed by atoms with Crippen LogP contribution in [0.1, 0.15) is 53.2 Å². The molecule has 1 N–H and O–H groups in total. The molecular weight excluding hydrogens is 460 g/mol. The lowest BCUT2D eigenvalue weighted by atomic mass is 9.97. The predicted octanol–water partition coefficient (Wildman–Crippen LogP) is 3.41. The minimum Gasteiger partial charge on any atom is -0.378 e. The zero-order valence-electron chi connectivity index (χ0n) is 19.5. The van der Waals surface area contributed by atoms with Gasteiger partial charge in [0.2, 0.25) is 10.0 Å². The fourth-order valence-corrected chi connectivity index (χ4v) is 6.72. The minimum absolute atomic E-state index is 0.0444. The van der Waals surface area contributed by atoms with E-state index in [-0.39, 0.29) is 10.8 Å². The number of aryl methyl sites for hydroxylation is 1. The molecule has 1 amide bonds. The fraction of sp³-hybridized carbons (Fsp3) is 0.565. The van der Waals surface area contributed by atoms with E-state index in [9.17, 15) is 13.2 Å². The van der Waals surface area contributed by atoms with Crippen LogP contribution in [-0.4, -0.2) is 61.6 Å². The van der Waals surface area contributed by atoms with Crippen molar-refractivity contribution in [2.24, 2.45) is 7.05 Å². The number of ether oxygens (including phenoxy) is 1. The van der Waals surface area contributed by atoms with Crippen molar-refractivity contribution in [2.45, 2.75) is 50.8 Å². The van der Waals surface area contributed by atoms with Crippen LogP contribution in [0.5, 0.6) is 0 Å². The van der Waals surface area contributed by atoms with Crippen LogP contribution in [0.15, 0.2) is 22.6 Å². The van der Waals surface area contributed by atoms with E-state index in [0.29, 0.717) is 59.8 Å². The molecule has 0 bridgehead atoms. The molecule has 0 saturated carbocycles. The van der Waals surface area contributed by atoms with Crippen molar-refractivity contribution in [3.05, 3.63) is 34.0 Å². The van der Waals surface area contributed by atoms with Gasteiger partial charge in [0, 0.05) is 32.4 Å². The molecule has 2 aliphatic rings. The summed E-state index contributed by atoms with van der Waals surface area (Å²) in [4.78, 5) is 20.2. The van der Waals surface area contributed by atoms with Crippen molar-refractivity contribution in [3.8, 4) is 10.7 Å². The molecule has 0 aromatic carbocycles. The van der Waals surface area contributed by atoms with E-state index in [1.807, 2.05) is 18.5 Å². The van der Waals surface area contributed by atoms with E-state index in [0.717, 1.165) is 19.3 Å². The molecule has 33 heavy (non-hydrogen) atoms. The van der Waals surface area contributed by atoms with Crippen molar-refractivity contribution in [1.29, 1.82) is 0 Å². The molecule has 1 aliphatic heterocycles. The third kappa shape index (κ3) is 5.24. The number of morpholine rings is 1. The van der Waals surface area contributed by atoms with Gasteiger partial charge in [-0.05, 0) is 52.0 Å². The molecule has 180 valence electrons. The molecule has 0 radical (unpaired) electrons. The van der Waals surface area contributed by atoms with E-state index in [2.05, 4.69) is 15.8 Å². The van der Waals surface area contributed by atoms with Crippen molar-refractivity contribution >= 4 is 27.3 Å². The quantitative estimate of drug-likeness (QED) is 0.598. The van der Waals surface area contributed by atoms with Gasteiger partial charge in [0.1, 0.15) is 14.8 Å². The zero-order valence-corrected chi connectivity index (χ0v) is 21.1. The van der Waals surface area contributed by atoms with Gasteiger partial charge in [0.15, 0.2) is 0 Å². The van der Waals surface area contributed by atoms with E-state index in [1.165, 1.54) is 29.8 Å². The summed E-state index contributed by atoms with van der Waals surface area (Å²) in [6, 6.07) is 1.67. The van der Waals surface area contributed by atoms with E-state index in [1.54, 1.807) is 17.9 Å². The van der Waals surface area contributed by atoms with Gasteiger partial charge in [-0.2, -0.15) is 0 Å². The second-order valence-electron chi connectivity index (χ2n) is 8.63. The Morgan fingerprint density at radius 1 is 1.24 bits per heavy atom. The Bertz CT molecular complexity index is 1160. The number of aromatic nitrogens is 2. The highest BCUT2D eigenvalue weighted by atomic mass is 32.2. The van der Waals surface area contributed by atoms with E-state index < -0.39 is 10.0 Å². The van der Waals surface area contributed by atoms with E-state index >= 15 is 0 Å². The number of allylic oxidation sites excluding steroid dienone is 1. The first-order valence-corrected chi connectivity index (χ1v) is 13.8. The molecule has 1 aliphatic carbocycles. The SMILES string of the molecule is Cc1nc(-c2cc(S(=O)(=O)NCCC3=CCCCC3)c(C)n2C)sc1C(=O)N1CCOCC1. The topological polar surface area (TPSA) is 93.5 Å². The Kier molecular flexibility index (Phi) is 7.37. The van der Waals surface area contributed by atoms with Crippen LogP contribution in [0.25, 0.3) is 10.7 Å². The highest BCUT2D eigenvalue weighted by Crippen LogP contribution is 2.33. The number of carbonyl (C=O) groups excluding carboxylic acids is 1. The number of hydrogen-bond donors (Lipinski definition) is 1. The largest absolute Gasteiger partial charge is 0.378 e. The fourth-order valence-electron chi connectivity index (χ4n) is 4.32. The molecule has 0 unspecified atom stereocenters. The molecule has 1 fully saturated rings. The van der Waals surface area contributed by atoms with Crippen LogP contribution < -0.4 is 4.72 Å². The predicted molar refractivity (Wildman–Crippen MR) is 129 cm³/mol. The maximum atomic E-state index is 13.0. The molecule has 10 heteroatoms. The first-order valence-electron chi connectivity index (χ1n) is 11.5. The van der Waals surface area contributed by atoms with Crippen LogP contribution >= 0.6 is 11.3 Å².